The topological polar surface area (TPSA) is 77.0 Å². The molecular weight excluding hydrogens is 216 g/mol. The van der Waals surface area contributed by atoms with Gasteiger partial charge in [0, 0.05) is 18.5 Å². The van der Waals surface area contributed by atoms with Crippen molar-refractivity contribution in [2.24, 2.45) is 7.05 Å². The Morgan fingerprint density at radius 3 is 2.59 bits per heavy atom. The monoisotopic (exact) mass is 232 g/mol. The molecule has 1 heterocycles. The van der Waals surface area contributed by atoms with Gasteiger partial charge in [-0.15, -0.1) is 0 Å². The molecule has 1 aromatic heterocycles. The molecule has 5 nitrogen and oxygen atoms in total. The van der Waals surface area contributed by atoms with Gasteiger partial charge in [0.15, 0.2) is 11.6 Å². The highest BCUT2D eigenvalue weighted by molar-refractivity contribution is 5.65. The van der Waals surface area contributed by atoms with Crippen LogP contribution in [-0.4, -0.2) is 19.9 Å². The molecule has 1 aromatic carbocycles. The standard InChI is InChI=1S/C12H16N4O/c1-7(2)11-14-12(16(3)15-11)8-4-5-9(13)10(17)6-8/h4-7,17H,13H2,1-3H3. The zero-order chi connectivity index (χ0) is 12.6. The van der Waals surface area contributed by atoms with Gasteiger partial charge in [-0.3, -0.25) is 0 Å². The van der Waals surface area contributed by atoms with Crippen LogP contribution in [-0.2, 0) is 7.05 Å². The van der Waals surface area contributed by atoms with Crippen LogP contribution in [0.2, 0.25) is 0 Å². The van der Waals surface area contributed by atoms with E-state index in [0.717, 1.165) is 17.2 Å². The van der Waals surface area contributed by atoms with E-state index in [9.17, 15) is 5.11 Å². The molecule has 0 spiro atoms. The summed E-state index contributed by atoms with van der Waals surface area (Å²) in [6, 6.07) is 5.08. The molecule has 0 radical (unpaired) electrons. The fourth-order valence-electron chi connectivity index (χ4n) is 1.58. The number of hydrogen-bond donors (Lipinski definition) is 2. The zero-order valence-electron chi connectivity index (χ0n) is 10.2. The summed E-state index contributed by atoms with van der Waals surface area (Å²) < 4.78 is 1.71. The van der Waals surface area contributed by atoms with E-state index in [4.69, 9.17) is 5.73 Å². The molecule has 0 atom stereocenters. The lowest BCUT2D eigenvalue weighted by Gasteiger charge is -2.02. The van der Waals surface area contributed by atoms with Crippen molar-refractivity contribution in [3.8, 4) is 17.1 Å². The first kappa shape index (κ1) is 11.4. The lowest BCUT2D eigenvalue weighted by Crippen LogP contribution is -1.95. The van der Waals surface area contributed by atoms with Crippen LogP contribution in [0, 0.1) is 0 Å². The van der Waals surface area contributed by atoms with Gasteiger partial charge in [0.1, 0.15) is 5.75 Å². The number of phenols is 1. The van der Waals surface area contributed by atoms with Crippen molar-refractivity contribution in [1.82, 2.24) is 14.8 Å². The lowest BCUT2D eigenvalue weighted by atomic mass is 10.1. The van der Waals surface area contributed by atoms with Crippen molar-refractivity contribution in [3.63, 3.8) is 0 Å². The van der Waals surface area contributed by atoms with Gasteiger partial charge in [0.2, 0.25) is 0 Å². The third-order valence-corrected chi connectivity index (χ3v) is 2.58. The zero-order valence-corrected chi connectivity index (χ0v) is 10.2. The van der Waals surface area contributed by atoms with Gasteiger partial charge in [-0.05, 0) is 18.2 Å². The number of benzene rings is 1. The Kier molecular flexibility index (Phi) is 2.75. The molecule has 0 aliphatic carbocycles. The third kappa shape index (κ3) is 2.08. The Hall–Kier alpha value is -2.04. The van der Waals surface area contributed by atoms with Gasteiger partial charge in [0.05, 0.1) is 5.69 Å². The van der Waals surface area contributed by atoms with Crippen LogP contribution in [0.4, 0.5) is 5.69 Å². The van der Waals surface area contributed by atoms with E-state index < -0.39 is 0 Å². The summed E-state index contributed by atoms with van der Waals surface area (Å²) >= 11 is 0. The molecule has 90 valence electrons. The summed E-state index contributed by atoms with van der Waals surface area (Å²) in [5, 5.41) is 13.9. The van der Waals surface area contributed by atoms with Gasteiger partial charge in [-0.2, -0.15) is 5.10 Å². The van der Waals surface area contributed by atoms with E-state index in [0.29, 0.717) is 5.69 Å². The van der Waals surface area contributed by atoms with Crippen LogP contribution in [0.15, 0.2) is 18.2 Å². The van der Waals surface area contributed by atoms with Crippen molar-refractivity contribution >= 4 is 5.69 Å². The summed E-state index contributed by atoms with van der Waals surface area (Å²) in [4.78, 5) is 4.45. The molecule has 0 saturated heterocycles. The van der Waals surface area contributed by atoms with Gasteiger partial charge < -0.3 is 10.8 Å². The maximum Gasteiger partial charge on any atom is 0.158 e. The Morgan fingerprint density at radius 1 is 1.35 bits per heavy atom. The molecule has 0 unspecified atom stereocenters. The molecule has 17 heavy (non-hydrogen) atoms. The molecule has 0 bridgehead atoms. The Labute approximate surface area is 99.9 Å². The van der Waals surface area contributed by atoms with Gasteiger partial charge in [-0.25, -0.2) is 9.67 Å². The maximum atomic E-state index is 9.59. The van der Waals surface area contributed by atoms with E-state index in [-0.39, 0.29) is 11.7 Å². The SMILES string of the molecule is CC(C)c1nc(-c2ccc(N)c(O)c2)n(C)n1. The minimum absolute atomic E-state index is 0.0663. The molecule has 0 saturated carbocycles. The third-order valence-electron chi connectivity index (χ3n) is 2.58. The Morgan fingerprint density at radius 2 is 2.06 bits per heavy atom. The number of aryl methyl sites for hydroxylation is 1. The molecule has 0 amide bonds. The minimum atomic E-state index is 0.0663. The number of aromatic nitrogens is 3. The fourth-order valence-corrected chi connectivity index (χ4v) is 1.58. The molecule has 0 fully saturated rings. The lowest BCUT2D eigenvalue weighted by molar-refractivity contribution is 0.478. The predicted molar refractivity (Wildman–Crippen MR) is 66.6 cm³/mol. The minimum Gasteiger partial charge on any atom is -0.506 e. The quantitative estimate of drug-likeness (QED) is 0.612. The van der Waals surface area contributed by atoms with Crippen LogP contribution >= 0.6 is 0 Å². The highest BCUT2D eigenvalue weighted by Gasteiger charge is 2.12. The molecule has 3 N–H and O–H groups in total. The molecule has 0 aliphatic heterocycles. The second-order valence-corrected chi connectivity index (χ2v) is 4.35. The number of hydrogen-bond acceptors (Lipinski definition) is 4. The smallest absolute Gasteiger partial charge is 0.158 e. The highest BCUT2D eigenvalue weighted by atomic mass is 16.3. The number of aromatic hydroxyl groups is 1. The first-order valence-electron chi connectivity index (χ1n) is 5.49. The summed E-state index contributed by atoms with van der Waals surface area (Å²) in [5.41, 5.74) is 6.73. The first-order chi connectivity index (χ1) is 7.99. The Bertz CT molecular complexity index is 545. The van der Waals surface area contributed by atoms with Crippen LogP contribution in [0.1, 0.15) is 25.6 Å². The second-order valence-electron chi connectivity index (χ2n) is 4.35. The number of rotatable bonds is 2. The van der Waals surface area contributed by atoms with Crippen molar-refractivity contribution in [1.29, 1.82) is 0 Å². The van der Waals surface area contributed by atoms with Crippen LogP contribution in [0.25, 0.3) is 11.4 Å². The molecule has 2 aromatic rings. The maximum absolute atomic E-state index is 9.59. The van der Waals surface area contributed by atoms with E-state index >= 15 is 0 Å². The predicted octanol–water partition coefficient (Wildman–Crippen LogP) is 1.89. The van der Waals surface area contributed by atoms with E-state index in [1.54, 1.807) is 16.8 Å². The summed E-state index contributed by atoms with van der Waals surface area (Å²) in [7, 11) is 1.83. The fraction of sp³-hybridized carbons (Fsp3) is 0.333. The molecule has 5 heteroatoms. The number of nitrogens with zero attached hydrogens (tertiary/aromatic N) is 3. The van der Waals surface area contributed by atoms with Crippen molar-refractivity contribution < 1.29 is 5.11 Å². The second kappa shape index (κ2) is 4.08. The summed E-state index contributed by atoms with van der Waals surface area (Å²) in [5.74, 6) is 1.86. The average molecular weight is 232 g/mol. The Balaban J connectivity index is 2.49. The number of nitrogens with two attached hydrogens (primary N) is 1. The average Bonchev–Trinajstić information content (AvgIpc) is 2.65. The first-order valence-corrected chi connectivity index (χ1v) is 5.49. The van der Waals surface area contributed by atoms with E-state index in [1.807, 2.05) is 27.0 Å². The molecular formula is C12H16N4O. The van der Waals surface area contributed by atoms with Crippen LogP contribution < -0.4 is 5.73 Å². The van der Waals surface area contributed by atoms with Gasteiger partial charge >= 0.3 is 0 Å². The molecule has 2 rings (SSSR count). The van der Waals surface area contributed by atoms with E-state index in [2.05, 4.69) is 10.1 Å². The largest absolute Gasteiger partial charge is 0.506 e. The van der Waals surface area contributed by atoms with Crippen molar-refractivity contribution in [3.05, 3.63) is 24.0 Å². The van der Waals surface area contributed by atoms with Gasteiger partial charge in [-0.1, -0.05) is 13.8 Å². The normalized spacial score (nSPS) is 11.1. The molecule has 0 aliphatic rings. The van der Waals surface area contributed by atoms with Gasteiger partial charge in [0.25, 0.3) is 0 Å². The highest BCUT2D eigenvalue weighted by Crippen LogP contribution is 2.27. The number of nitrogen functional groups attached to an aromatic ring is 1. The van der Waals surface area contributed by atoms with Crippen LogP contribution in [0.3, 0.4) is 0 Å². The number of phenolic OH excluding ortho intramolecular Hbond substituents is 1. The van der Waals surface area contributed by atoms with Crippen LogP contribution in [0.5, 0.6) is 5.75 Å². The van der Waals surface area contributed by atoms with E-state index in [1.165, 1.54) is 0 Å². The summed E-state index contributed by atoms with van der Waals surface area (Å²) in [6.45, 7) is 4.08. The number of anilines is 1. The summed E-state index contributed by atoms with van der Waals surface area (Å²) in [6.07, 6.45) is 0. The van der Waals surface area contributed by atoms with Crippen molar-refractivity contribution in [2.45, 2.75) is 19.8 Å². The van der Waals surface area contributed by atoms with Crippen molar-refractivity contribution in [2.75, 3.05) is 5.73 Å².